The average molecular weight is 386 g/mol. The molecule has 0 bridgehead atoms. The number of sulfonamides is 1. The quantitative estimate of drug-likeness (QED) is 0.674. The molecule has 1 aliphatic carbocycles. The summed E-state index contributed by atoms with van der Waals surface area (Å²) in [4.78, 5) is 15.6. The van der Waals surface area contributed by atoms with Gasteiger partial charge in [0.05, 0.1) is 6.20 Å². The maximum atomic E-state index is 12.5. The van der Waals surface area contributed by atoms with Gasteiger partial charge in [0, 0.05) is 30.4 Å². The number of aromatic nitrogens is 2. The summed E-state index contributed by atoms with van der Waals surface area (Å²) >= 11 is 0. The molecule has 0 radical (unpaired) electrons. The van der Waals surface area contributed by atoms with E-state index in [0.717, 1.165) is 24.3 Å². The molecule has 27 heavy (non-hydrogen) atoms. The first kappa shape index (κ1) is 17.3. The third-order valence-electron chi connectivity index (χ3n) is 4.41. The van der Waals surface area contributed by atoms with Gasteiger partial charge in [0.2, 0.25) is 0 Å². The highest BCUT2D eigenvalue weighted by molar-refractivity contribution is 7.92. The molecule has 1 fully saturated rings. The zero-order chi connectivity index (χ0) is 19.2. The first-order chi connectivity index (χ1) is 12.8. The van der Waals surface area contributed by atoms with Gasteiger partial charge in [-0.25, -0.2) is 13.4 Å². The molecule has 1 saturated carbocycles. The fourth-order valence-corrected chi connectivity index (χ4v) is 3.91. The highest BCUT2D eigenvalue weighted by atomic mass is 32.2. The number of nitrogens with one attached hydrogen (secondary N) is 1. The average Bonchev–Trinajstić information content (AvgIpc) is 3.20. The van der Waals surface area contributed by atoms with E-state index in [-0.39, 0.29) is 10.6 Å². The zero-order valence-electron chi connectivity index (χ0n) is 14.5. The van der Waals surface area contributed by atoms with E-state index < -0.39 is 15.9 Å². The lowest BCUT2D eigenvalue weighted by Gasteiger charge is -2.07. The van der Waals surface area contributed by atoms with Crippen LogP contribution in [-0.4, -0.2) is 23.9 Å². The van der Waals surface area contributed by atoms with Crippen LogP contribution in [0.1, 0.15) is 35.1 Å². The zero-order valence-corrected chi connectivity index (χ0v) is 15.4. The molecule has 1 aromatic carbocycles. The minimum atomic E-state index is -3.84. The summed E-state index contributed by atoms with van der Waals surface area (Å²) in [6.45, 7) is 0. The topological polar surface area (TPSA) is 120 Å². The van der Waals surface area contributed by atoms with Crippen LogP contribution in [-0.2, 0) is 17.1 Å². The van der Waals surface area contributed by atoms with Crippen molar-refractivity contribution in [3.05, 3.63) is 54.3 Å². The van der Waals surface area contributed by atoms with Crippen molar-refractivity contribution in [1.29, 1.82) is 0 Å². The molecule has 1 amide bonds. The molecular formula is C18H18N4O4S. The second-order valence-corrected chi connectivity index (χ2v) is 8.24. The number of hydrogen-bond acceptors (Lipinski definition) is 5. The molecule has 1 aliphatic rings. The summed E-state index contributed by atoms with van der Waals surface area (Å²) in [7, 11) is -2.28. The second kappa shape index (κ2) is 6.27. The molecule has 2 heterocycles. The SMILES string of the molecule is Cn1cc(S(=O)(=O)Nc2ccc(-c3cnc(C4CC4)o3)cc2)cc1C(N)=O. The number of hydrogen-bond donors (Lipinski definition) is 2. The van der Waals surface area contributed by atoms with E-state index in [1.807, 2.05) is 0 Å². The van der Waals surface area contributed by atoms with Gasteiger partial charge in [-0.2, -0.15) is 0 Å². The fourth-order valence-electron chi connectivity index (χ4n) is 2.78. The maximum Gasteiger partial charge on any atom is 0.265 e. The predicted molar refractivity (Wildman–Crippen MR) is 98.7 cm³/mol. The number of anilines is 1. The van der Waals surface area contributed by atoms with Crippen molar-refractivity contribution in [3.63, 3.8) is 0 Å². The van der Waals surface area contributed by atoms with E-state index >= 15 is 0 Å². The van der Waals surface area contributed by atoms with Gasteiger partial charge in [0.25, 0.3) is 15.9 Å². The third-order valence-corrected chi connectivity index (χ3v) is 5.76. The number of nitrogens with two attached hydrogens (primary N) is 1. The molecule has 8 nitrogen and oxygen atoms in total. The normalized spacial score (nSPS) is 14.3. The van der Waals surface area contributed by atoms with Gasteiger partial charge in [0.15, 0.2) is 11.7 Å². The molecule has 4 rings (SSSR count). The molecule has 9 heteroatoms. The number of amides is 1. The summed E-state index contributed by atoms with van der Waals surface area (Å²) in [5, 5.41) is 0. The Morgan fingerprint density at radius 2 is 2.00 bits per heavy atom. The number of rotatable bonds is 6. The van der Waals surface area contributed by atoms with E-state index in [9.17, 15) is 13.2 Å². The number of nitrogens with zero attached hydrogens (tertiary/aromatic N) is 2. The van der Waals surface area contributed by atoms with Gasteiger partial charge in [-0.3, -0.25) is 9.52 Å². The first-order valence-electron chi connectivity index (χ1n) is 8.38. The Bertz CT molecular complexity index is 1110. The van der Waals surface area contributed by atoms with Gasteiger partial charge in [-0.1, -0.05) is 0 Å². The monoisotopic (exact) mass is 386 g/mol. The molecule has 0 unspecified atom stereocenters. The summed E-state index contributed by atoms with van der Waals surface area (Å²) in [6, 6.07) is 8.05. The predicted octanol–water partition coefficient (Wildman–Crippen LogP) is 2.46. The third kappa shape index (κ3) is 3.45. The molecular weight excluding hydrogens is 368 g/mol. The molecule has 2 aromatic heterocycles. The van der Waals surface area contributed by atoms with Crippen LogP contribution in [0, 0.1) is 0 Å². The van der Waals surface area contributed by atoms with Crippen molar-refractivity contribution in [3.8, 4) is 11.3 Å². The number of primary amides is 1. The molecule has 3 aromatic rings. The van der Waals surface area contributed by atoms with Crippen LogP contribution in [0.2, 0.25) is 0 Å². The molecule has 0 saturated heterocycles. The first-order valence-corrected chi connectivity index (χ1v) is 9.87. The number of carbonyl (C=O) groups excluding carboxylic acids is 1. The van der Waals surface area contributed by atoms with Crippen LogP contribution < -0.4 is 10.5 Å². The molecule has 140 valence electrons. The fraction of sp³-hybridized carbons (Fsp3) is 0.222. The summed E-state index contributed by atoms with van der Waals surface area (Å²) in [5.74, 6) is 1.14. The standard InChI is InChI=1S/C18H18N4O4S/c1-22-10-14(8-15(22)17(19)23)27(24,25)21-13-6-4-11(5-7-13)16-9-20-18(26-16)12-2-3-12/h4-10,12,21H,2-3H2,1H3,(H2,19,23). The smallest absolute Gasteiger partial charge is 0.265 e. The van der Waals surface area contributed by atoms with Gasteiger partial charge in [-0.05, 0) is 43.2 Å². The lowest BCUT2D eigenvalue weighted by atomic mass is 10.2. The Labute approximate surface area is 156 Å². The van der Waals surface area contributed by atoms with Gasteiger partial charge in [0.1, 0.15) is 10.6 Å². The van der Waals surface area contributed by atoms with Crippen molar-refractivity contribution in [2.45, 2.75) is 23.7 Å². The van der Waals surface area contributed by atoms with Crippen molar-refractivity contribution >= 4 is 21.6 Å². The Hall–Kier alpha value is -3.07. The second-order valence-electron chi connectivity index (χ2n) is 6.56. The van der Waals surface area contributed by atoms with Gasteiger partial charge < -0.3 is 14.7 Å². The maximum absolute atomic E-state index is 12.5. The van der Waals surface area contributed by atoms with E-state index in [4.69, 9.17) is 10.2 Å². The van der Waals surface area contributed by atoms with E-state index in [1.165, 1.54) is 16.8 Å². The highest BCUT2D eigenvalue weighted by Gasteiger charge is 2.28. The van der Waals surface area contributed by atoms with Crippen LogP contribution in [0.25, 0.3) is 11.3 Å². The molecule has 0 aliphatic heterocycles. The number of benzene rings is 1. The Morgan fingerprint density at radius 1 is 1.30 bits per heavy atom. The van der Waals surface area contributed by atoms with Crippen LogP contribution in [0.3, 0.4) is 0 Å². The van der Waals surface area contributed by atoms with Crippen LogP contribution in [0.15, 0.2) is 52.0 Å². The van der Waals surface area contributed by atoms with Crippen LogP contribution in [0.4, 0.5) is 5.69 Å². The van der Waals surface area contributed by atoms with E-state index in [2.05, 4.69) is 9.71 Å². The lowest BCUT2D eigenvalue weighted by molar-refractivity contribution is 0.0992. The minimum absolute atomic E-state index is 0.0350. The van der Waals surface area contributed by atoms with E-state index in [0.29, 0.717) is 17.4 Å². The highest BCUT2D eigenvalue weighted by Crippen LogP contribution is 2.40. The number of aryl methyl sites for hydroxylation is 1. The molecule has 3 N–H and O–H groups in total. The van der Waals surface area contributed by atoms with Crippen molar-refractivity contribution in [1.82, 2.24) is 9.55 Å². The largest absolute Gasteiger partial charge is 0.440 e. The molecule has 0 atom stereocenters. The van der Waals surface area contributed by atoms with Crippen molar-refractivity contribution in [2.24, 2.45) is 12.8 Å². The van der Waals surface area contributed by atoms with Crippen molar-refractivity contribution in [2.75, 3.05) is 4.72 Å². The van der Waals surface area contributed by atoms with Gasteiger partial charge in [-0.15, -0.1) is 0 Å². The molecule has 0 spiro atoms. The number of carbonyl (C=O) groups is 1. The summed E-state index contributed by atoms with van der Waals surface area (Å²) in [6.07, 6.45) is 5.24. The minimum Gasteiger partial charge on any atom is -0.440 e. The van der Waals surface area contributed by atoms with Crippen LogP contribution in [0.5, 0.6) is 0 Å². The Kier molecular flexibility index (Phi) is 4.03. The van der Waals surface area contributed by atoms with Crippen LogP contribution >= 0.6 is 0 Å². The number of oxazole rings is 1. The summed E-state index contributed by atoms with van der Waals surface area (Å²) in [5.41, 5.74) is 6.55. The lowest BCUT2D eigenvalue weighted by Crippen LogP contribution is -2.14. The van der Waals surface area contributed by atoms with E-state index in [1.54, 1.807) is 37.5 Å². The van der Waals surface area contributed by atoms with Crippen molar-refractivity contribution < 1.29 is 17.6 Å². The summed E-state index contributed by atoms with van der Waals surface area (Å²) < 4.78 is 34.7. The van der Waals surface area contributed by atoms with Gasteiger partial charge >= 0.3 is 0 Å². The Balaban J connectivity index is 1.53. The Morgan fingerprint density at radius 3 is 2.59 bits per heavy atom.